The molecule has 0 heterocycles. The van der Waals surface area contributed by atoms with E-state index in [-0.39, 0.29) is 18.2 Å². The van der Waals surface area contributed by atoms with E-state index in [1.165, 1.54) is 109 Å². The molecule has 0 amide bonds. The number of esters is 1. The first kappa shape index (κ1) is 41.4. The summed E-state index contributed by atoms with van der Waals surface area (Å²) in [5.74, 6) is -0.0201. The van der Waals surface area contributed by atoms with E-state index in [0.717, 1.165) is 76.9 Å². The zero-order chi connectivity index (χ0) is 31.2. The molecule has 252 valence electrons. The summed E-state index contributed by atoms with van der Waals surface area (Å²) in [6.07, 6.45) is 34.0. The van der Waals surface area contributed by atoms with Crippen LogP contribution in [0.1, 0.15) is 207 Å². The van der Waals surface area contributed by atoms with Gasteiger partial charge in [0.05, 0.1) is 12.4 Å². The van der Waals surface area contributed by atoms with Crippen LogP contribution >= 0.6 is 0 Å². The van der Waals surface area contributed by atoms with E-state index in [2.05, 4.69) is 20.8 Å². The summed E-state index contributed by atoms with van der Waals surface area (Å²) >= 11 is 0. The summed E-state index contributed by atoms with van der Waals surface area (Å²) in [5.41, 5.74) is 0. The molecule has 0 aromatic carbocycles. The van der Waals surface area contributed by atoms with Gasteiger partial charge in [0, 0.05) is 6.42 Å². The van der Waals surface area contributed by atoms with Crippen LogP contribution in [0.2, 0.25) is 0 Å². The summed E-state index contributed by atoms with van der Waals surface area (Å²) < 4.78 is 34.8. The third-order valence-electron chi connectivity index (χ3n) is 8.40. The summed E-state index contributed by atoms with van der Waals surface area (Å²) in [6.45, 7) is 6.73. The highest BCUT2D eigenvalue weighted by molar-refractivity contribution is 7.86. The van der Waals surface area contributed by atoms with Gasteiger partial charge in [-0.15, -0.1) is 0 Å². The van der Waals surface area contributed by atoms with Crippen molar-refractivity contribution in [2.45, 2.75) is 219 Å². The molecule has 0 radical (unpaired) electrons. The number of hydrogen-bond donors (Lipinski definition) is 0. The smallest absolute Gasteiger partial charge is 0.306 e. The van der Waals surface area contributed by atoms with Crippen molar-refractivity contribution in [3.8, 4) is 0 Å². The van der Waals surface area contributed by atoms with Crippen LogP contribution in [-0.4, -0.2) is 32.9 Å². The van der Waals surface area contributed by atoms with Crippen LogP contribution in [0.3, 0.4) is 0 Å². The van der Waals surface area contributed by atoms with Gasteiger partial charge in [-0.2, -0.15) is 8.42 Å². The van der Waals surface area contributed by atoms with Gasteiger partial charge in [-0.1, -0.05) is 156 Å². The van der Waals surface area contributed by atoms with Gasteiger partial charge in [-0.25, -0.2) is 0 Å². The van der Waals surface area contributed by atoms with Crippen molar-refractivity contribution >= 4 is 16.1 Å². The van der Waals surface area contributed by atoms with Gasteiger partial charge in [0.25, 0.3) is 10.1 Å². The number of unbranched alkanes of at least 4 members (excludes halogenated alkanes) is 20. The molecule has 0 rings (SSSR count). The largest absolute Gasteiger partial charge is 0.462 e. The van der Waals surface area contributed by atoms with E-state index in [1.807, 2.05) is 0 Å². The third-order valence-corrected chi connectivity index (χ3v) is 9.03. The fourth-order valence-corrected chi connectivity index (χ4v) is 6.49. The molecule has 0 aliphatic carbocycles. The number of carbonyl (C=O) groups excluding carboxylic acids is 1. The van der Waals surface area contributed by atoms with Crippen molar-refractivity contribution in [2.75, 3.05) is 6.26 Å². The fourth-order valence-electron chi connectivity index (χ4n) is 5.80. The average molecular weight is 617 g/mol. The van der Waals surface area contributed by atoms with E-state index >= 15 is 0 Å². The summed E-state index contributed by atoms with van der Waals surface area (Å²) in [4.78, 5) is 12.6. The highest BCUT2D eigenvalue weighted by Crippen LogP contribution is 2.20. The van der Waals surface area contributed by atoms with Crippen molar-refractivity contribution in [1.82, 2.24) is 0 Å². The minimum atomic E-state index is -3.42. The van der Waals surface area contributed by atoms with Crippen molar-refractivity contribution in [1.29, 1.82) is 0 Å². The molecule has 6 heteroatoms. The normalized spacial score (nSPS) is 12.7. The predicted molar refractivity (Wildman–Crippen MR) is 181 cm³/mol. The highest BCUT2D eigenvalue weighted by Gasteiger charge is 2.16. The Morgan fingerprint density at radius 1 is 0.476 bits per heavy atom. The van der Waals surface area contributed by atoms with E-state index < -0.39 is 10.1 Å². The Labute approximate surface area is 263 Å². The van der Waals surface area contributed by atoms with Crippen LogP contribution in [0.4, 0.5) is 0 Å². The standard InChI is InChI=1S/C36H72O5S/c1-5-8-11-14-17-21-26-31-35(41-42(4,38)39)32-27-22-18-23-28-33-36(37)40-34(29-24-19-15-12-9-6-2)30-25-20-16-13-10-7-3/h34-35H,5-33H2,1-4H3. The molecule has 42 heavy (non-hydrogen) atoms. The fraction of sp³-hybridized carbons (Fsp3) is 0.972. The van der Waals surface area contributed by atoms with Gasteiger partial charge in [-0.3, -0.25) is 8.98 Å². The molecule has 1 unspecified atom stereocenters. The maximum absolute atomic E-state index is 12.6. The second kappa shape index (κ2) is 30.4. The summed E-state index contributed by atoms with van der Waals surface area (Å²) in [5, 5.41) is 0. The van der Waals surface area contributed by atoms with E-state index in [9.17, 15) is 13.2 Å². The monoisotopic (exact) mass is 617 g/mol. The van der Waals surface area contributed by atoms with Gasteiger partial charge >= 0.3 is 5.97 Å². The van der Waals surface area contributed by atoms with Crippen LogP contribution in [-0.2, 0) is 23.8 Å². The molecule has 0 bridgehead atoms. The zero-order valence-electron chi connectivity index (χ0n) is 28.6. The lowest BCUT2D eigenvalue weighted by atomic mass is 10.0. The molecule has 0 fully saturated rings. The Balaban J connectivity index is 4.21. The number of carbonyl (C=O) groups is 1. The lowest BCUT2D eigenvalue weighted by molar-refractivity contribution is -0.150. The van der Waals surface area contributed by atoms with Gasteiger partial charge < -0.3 is 4.74 Å². The molecule has 5 nitrogen and oxygen atoms in total. The molecular formula is C36H72O5S. The third kappa shape index (κ3) is 30.8. The van der Waals surface area contributed by atoms with Crippen molar-refractivity contribution in [3.05, 3.63) is 0 Å². The predicted octanol–water partition coefficient (Wildman–Crippen LogP) is 11.6. The van der Waals surface area contributed by atoms with Crippen molar-refractivity contribution in [2.24, 2.45) is 0 Å². The van der Waals surface area contributed by atoms with Crippen molar-refractivity contribution in [3.63, 3.8) is 0 Å². The molecule has 0 aliphatic heterocycles. The lowest BCUT2D eigenvalue weighted by Gasteiger charge is -2.18. The maximum Gasteiger partial charge on any atom is 0.306 e. The number of hydrogen-bond acceptors (Lipinski definition) is 5. The lowest BCUT2D eigenvalue weighted by Crippen LogP contribution is -2.18. The molecule has 0 aromatic rings. The van der Waals surface area contributed by atoms with Gasteiger partial charge in [0.15, 0.2) is 0 Å². The molecule has 0 saturated carbocycles. The first-order chi connectivity index (χ1) is 20.3. The topological polar surface area (TPSA) is 69.7 Å². The summed E-state index contributed by atoms with van der Waals surface area (Å²) in [6, 6.07) is 0. The van der Waals surface area contributed by atoms with Crippen LogP contribution in [0.5, 0.6) is 0 Å². The average Bonchev–Trinajstić information content (AvgIpc) is 2.94. The number of rotatable bonds is 33. The first-order valence-corrected chi connectivity index (χ1v) is 20.2. The second-order valence-corrected chi connectivity index (χ2v) is 14.5. The highest BCUT2D eigenvalue weighted by atomic mass is 32.2. The van der Waals surface area contributed by atoms with Crippen LogP contribution < -0.4 is 0 Å². The van der Waals surface area contributed by atoms with Crippen LogP contribution in [0.15, 0.2) is 0 Å². The first-order valence-electron chi connectivity index (χ1n) is 18.4. The zero-order valence-corrected chi connectivity index (χ0v) is 29.4. The Morgan fingerprint density at radius 2 is 0.786 bits per heavy atom. The molecule has 0 aromatic heterocycles. The molecule has 0 saturated heterocycles. The molecule has 0 spiro atoms. The Hall–Kier alpha value is -0.620. The Kier molecular flexibility index (Phi) is 30.0. The minimum absolute atomic E-state index is 0.0201. The van der Waals surface area contributed by atoms with E-state index in [4.69, 9.17) is 8.92 Å². The van der Waals surface area contributed by atoms with Crippen LogP contribution in [0.25, 0.3) is 0 Å². The van der Waals surface area contributed by atoms with Crippen LogP contribution in [0, 0.1) is 0 Å². The number of ether oxygens (including phenoxy) is 1. The second-order valence-electron chi connectivity index (χ2n) is 12.9. The molecule has 0 N–H and O–H groups in total. The minimum Gasteiger partial charge on any atom is -0.462 e. The Morgan fingerprint density at radius 3 is 1.14 bits per heavy atom. The van der Waals surface area contributed by atoms with Crippen molar-refractivity contribution < 1.29 is 22.1 Å². The van der Waals surface area contributed by atoms with E-state index in [1.54, 1.807) is 0 Å². The van der Waals surface area contributed by atoms with E-state index in [0.29, 0.717) is 6.42 Å². The van der Waals surface area contributed by atoms with Gasteiger partial charge in [-0.05, 0) is 44.9 Å². The molecule has 1 atom stereocenters. The SMILES string of the molecule is CCCCCCCCCC(CCCCCCCC(=O)OC(CCCCCCCC)CCCCCCCC)OS(C)(=O)=O. The quantitative estimate of drug-likeness (QED) is 0.0417. The maximum atomic E-state index is 12.6. The van der Waals surface area contributed by atoms with Gasteiger partial charge in [0.2, 0.25) is 0 Å². The molecular weight excluding hydrogens is 544 g/mol. The summed E-state index contributed by atoms with van der Waals surface area (Å²) in [7, 11) is -3.42. The molecule has 0 aliphatic rings. The Bertz CT molecular complexity index is 662. The van der Waals surface area contributed by atoms with Gasteiger partial charge in [0.1, 0.15) is 6.10 Å².